The normalized spacial score (nSPS) is 15.4. The number of hydrogen-bond acceptors (Lipinski definition) is 6. The second kappa shape index (κ2) is 9.52. The number of ketones is 1. The maximum atomic E-state index is 12.3. The molecule has 37 heavy (non-hydrogen) atoms. The van der Waals surface area contributed by atoms with Crippen molar-refractivity contribution in [3.05, 3.63) is 87.3 Å². The Balaban J connectivity index is 1.69. The number of aryl methyl sites for hydroxylation is 2. The number of carboxylic acid groups (broad SMARTS) is 1. The fraction of sp³-hybridized carbons (Fsp3) is 0.276. The van der Waals surface area contributed by atoms with Crippen molar-refractivity contribution in [2.75, 3.05) is 0 Å². The largest absolute Gasteiger partial charge is 0.481 e. The summed E-state index contributed by atoms with van der Waals surface area (Å²) >= 11 is 1.65. The van der Waals surface area contributed by atoms with Crippen LogP contribution in [-0.4, -0.2) is 37.3 Å². The molecule has 3 heterocycles. The number of rotatable bonds is 6. The highest BCUT2D eigenvalue weighted by molar-refractivity contribution is 7.15. The molecule has 0 bridgehead atoms. The Kier molecular flexibility index (Phi) is 6.37. The lowest BCUT2D eigenvalue weighted by molar-refractivity contribution is -0.142. The number of thiophene rings is 1. The Morgan fingerprint density at radius 2 is 1.73 bits per heavy atom. The molecule has 5 rings (SSSR count). The van der Waals surface area contributed by atoms with Crippen molar-refractivity contribution >= 4 is 28.8 Å². The lowest BCUT2D eigenvalue weighted by Gasteiger charge is -2.19. The van der Waals surface area contributed by atoms with E-state index in [1.807, 2.05) is 66.9 Å². The van der Waals surface area contributed by atoms with Crippen LogP contribution in [0.15, 0.2) is 53.5 Å². The topological polar surface area (TPSA) is 97.4 Å². The van der Waals surface area contributed by atoms with Crippen LogP contribution in [0.25, 0.3) is 16.1 Å². The molecule has 2 aromatic heterocycles. The van der Waals surface area contributed by atoms with E-state index in [0.717, 1.165) is 43.4 Å². The second-order valence-electron chi connectivity index (χ2n) is 9.39. The fourth-order valence-electron chi connectivity index (χ4n) is 4.89. The third-order valence-corrected chi connectivity index (χ3v) is 8.28. The van der Waals surface area contributed by atoms with Gasteiger partial charge in [-0.25, -0.2) is 0 Å². The Bertz CT molecular complexity index is 1560. The Morgan fingerprint density at radius 1 is 1.03 bits per heavy atom. The molecule has 0 radical (unpaired) electrons. The van der Waals surface area contributed by atoms with E-state index >= 15 is 0 Å². The first-order valence-electron chi connectivity index (χ1n) is 12.3. The van der Waals surface area contributed by atoms with Gasteiger partial charge in [0.05, 0.1) is 11.6 Å². The molecule has 0 saturated carbocycles. The lowest BCUT2D eigenvalue weighted by Crippen LogP contribution is -2.23. The SMILES string of the molecule is CCC(C(=O)O)[C@@H]1N=C(c2ccc(-c3cccc(C(C)=O)c3)cc2)c2c(sc(C)c2C)-n2c(C)nnc21. The quantitative estimate of drug-likeness (QED) is 0.314. The Labute approximate surface area is 219 Å². The monoisotopic (exact) mass is 512 g/mol. The number of carbonyl (C=O) groups excluding carboxylic acids is 1. The molecule has 8 heteroatoms. The molecule has 1 unspecified atom stereocenters. The molecular formula is C29H28N4O3S. The maximum Gasteiger partial charge on any atom is 0.309 e. The van der Waals surface area contributed by atoms with E-state index in [1.54, 1.807) is 18.3 Å². The van der Waals surface area contributed by atoms with E-state index in [2.05, 4.69) is 24.0 Å². The average molecular weight is 513 g/mol. The average Bonchev–Trinajstić information content (AvgIpc) is 3.35. The molecule has 2 atom stereocenters. The van der Waals surface area contributed by atoms with E-state index in [-0.39, 0.29) is 5.78 Å². The van der Waals surface area contributed by atoms with Gasteiger partial charge in [0.2, 0.25) is 0 Å². The zero-order valence-electron chi connectivity index (χ0n) is 21.4. The zero-order valence-corrected chi connectivity index (χ0v) is 22.3. The molecule has 0 aliphatic carbocycles. The smallest absolute Gasteiger partial charge is 0.309 e. The Hall–Kier alpha value is -3.91. The molecule has 4 aromatic rings. The van der Waals surface area contributed by atoms with Crippen LogP contribution in [0.2, 0.25) is 0 Å². The molecule has 2 aromatic carbocycles. The molecule has 7 nitrogen and oxygen atoms in total. The van der Waals surface area contributed by atoms with Crippen LogP contribution >= 0.6 is 11.3 Å². The first-order valence-corrected chi connectivity index (χ1v) is 13.1. The Morgan fingerprint density at radius 3 is 2.38 bits per heavy atom. The molecular weight excluding hydrogens is 484 g/mol. The summed E-state index contributed by atoms with van der Waals surface area (Å²) in [6.07, 6.45) is 0.416. The molecule has 0 amide bonds. The third kappa shape index (κ3) is 4.21. The van der Waals surface area contributed by atoms with Gasteiger partial charge in [0.15, 0.2) is 11.6 Å². The summed E-state index contributed by atoms with van der Waals surface area (Å²) in [5, 5.41) is 19.7. The molecule has 1 aliphatic heterocycles. The molecule has 188 valence electrons. The standard InChI is InChI=1S/C29H28N4O3S/c1-6-23(29(35)36)26-27-32-31-18(5)33(27)28-24(15(2)17(4)37-28)25(30-26)20-12-10-19(11-13-20)22-9-7-8-21(14-22)16(3)34/h7-14,23,26H,6H2,1-5H3,(H,35,36)/t23?,26-/m0/s1. The number of nitrogens with zero attached hydrogens (tertiary/aromatic N) is 4. The summed E-state index contributed by atoms with van der Waals surface area (Å²) in [6.45, 7) is 9.48. The van der Waals surface area contributed by atoms with Crippen molar-refractivity contribution < 1.29 is 14.7 Å². The summed E-state index contributed by atoms with van der Waals surface area (Å²) < 4.78 is 1.98. The minimum atomic E-state index is -0.901. The van der Waals surface area contributed by atoms with Gasteiger partial charge in [0.25, 0.3) is 0 Å². The van der Waals surface area contributed by atoms with Crippen LogP contribution in [0, 0.1) is 26.7 Å². The summed E-state index contributed by atoms with van der Waals surface area (Å²) in [6, 6.07) is 15.0. The summed E-state index contributed by atoms with van der Waals surface area (Å²) in [5.41, 5.74) is 6.37. The zero-order chi connectivity index (χ0) is 26.4. The number of benzene rings is 2. The fourth-order valence-corrected chi connectivity index (χ4v) is 6.10. The van der Waals surface area contributed by atoms with Crippen molar-refractivity contribution in [3.63, 3.8) is 0 Å². The number of carboxylic acids is 1. The van der Waals surface area contributed by atoms with Crippen molar-refractivity contribution in [1.82, 2.24) is 14.8 Å². The highest BCUT2D eigenvalue weighted by Crippen LogP contribution is 2.41. The van der Waals surface area contributed by atoms with E-state index < -0.39 is 17.9 Å². The van der Waals surface area contributed by atoms with Gasteiger partial charge in [0, 0.05) is 21.6 Å². The van der Waals surface area contributed by atoms with Gasteiger partial charge in [-0.1, -0.05) is 49.4 Å². The summed E-state index contributed by atoms with van der Waals surface area (Å²) in [4.78, 5) is 30.4. The van der Waals surface area contributed by atoms with E-state index in [0.29, 0.717) is 23.6 Å². The van der Waals surface area contributed by atoms with Crippen LogP contribution < -0.4 is 0 Å². The lowest BCUT2D eigenvalue weighted by atomic mass is 9.94. The summed E-state index contributed by atoms with van der Waals surface area (Å²) in [7, 11) is 0. The van der Waals surface area contributed by atoms with Gasteiger partial charge in [-0.3, -0.25) is 19.1 Å². The minimum absolute atomic E-state index is 0.0272. The highest BCUT2D eigenvalue weighted by Gasteiger charge is 2.37. The van der Waals surface area contributed by atoms with Crippen LogP contribution in [0.1, 0.15) is 69.9 Å². The first kappa shape index (κ1) is 24.8. The van der Waals surface area contributed by atoms with E-state index in [1.165, 1.54) is 0 Å². The number of hydrogen-bond donors (Lipinski definition) is 1. The predicted molar refractivity (Wildman–Crippen MR) is 145 cm³/mol. The second-order valence-corrected chi connectivity index (χ2v) is 10.6. The van der Waals surface area contributed by atoms with Gasteiger partial charge < -0.3 is 5.11 Å². The first-order chi connectivity index (χ1) is 17.7. The molecule has 1 N–H and O–H groups in total. The number of carbonyl (C=O) groups is 2. The van der Waals surface area contributed by atoms with Crippen LogP contribution in [0.3, 0.4) is 0 Å². The molecule has 0 fully saturated rings. The van der Waals surface area contributed by atoms with Crippen molar-refractivity contribution in [2.45, 2.75) is 47.1 Å². The molecule has 0 saturated heterocycles. The third-order valence-electron chi connectivity index (χ3n) is 7.09. The molecule has 1 aliphatic rings. The van der Waals surface area contributed by atoms with Crippen molar-refractivity contribution in [3.8, 4) is 16.1 Å². The van der Waals surface area contributed by atoms with Gasteiger partial charge in [0.1, 0.15) is 16.9 Å². The van der Waals surface area contributed by atoms with Crippen LogP contribution in [-0.2, 0) is 4.79 Å². The van der Waals surface area contributed by atoms with Gasteiger partial charge in [-0.15, -0.1) is 21.5 Å². The van der Waals surface area contributed by atoms with Crippen LogP contribution in [0.4, 0.5) is 0 Å². The van der Waals surface area contributed by atoms with Gasteiger partial charge in [-0.05, 0) is 56.9 Å². The predicted octanol–water partition coefficient (Wildman–Crippen LogP) is 6.13. The van der Waals surface area contributed by atoms with Crippen molar-refractivity contribution in [2.24, 2.45) is 10.9 Å². The van der Waals surface area contributed by atoms with Crippen LogP contribution in [0.5, 0.6) is 0 Å². The number of aromatic nitrogens is 3. The number of Topliss-reactive ketones (excluding diaryl/α,β-unsaturated/α-hetero) is 1. The van der Waals surface area contributed by atoms with E-state index in [4.69, 9.17) is 4.99 Å². The number of fused-ring (bicyclic) bond motifs is 3. The van der Waals surface area contributed by atoms with E-state index in [9.17, 15) is 14.7 Å². The minimum Gasteiger partial charge on any atom is -0.481 e. The van der Waals surface area contributed by atoms with Gasteiger partial charge in [-0.2, -0.15) is 0 Å². The highest BCUT2D eigenvalue weighted by atomic mass is 32.1. The number of aliphatic imine (C=N–C) groups is 1. The maximum absolute atomic E-state index is 12.3. The molecule has 0 spiro atoms. The summed E-state index contributed by atoms with van der Waals surface area (Å²) in [5.74, 6) is -0.343. The number of aliphatic carboxylic acids is 1. The van der Waals surface area contributed by atoms with Crippen molar-refractivity contribution in [1.29, 1.82) is 0 Å². The van der Waals surface area contributed by atoms with Gasteiger partial charge >= 0.3 is 5.97 Å².